The van der Waals surface area contributed by atoms with Crippen LogP contribution in [0.25, 0.3) is 0 Å². The zero-order chi connectivity index (χ0) is 12.5. The third-order valence-corrected chi connectivity index (χ3v) is 3.80. The van der Waals surface area contributed by atoms with Crippen LogP contribution in [0.5, 0.6) is 0 Å². The second-order valence-electron chi connectivity index (χ2n) is 4.72. The number of ether oxygens (including phenoxy) is 1. The molecule has 0 saturated carbocycles. The van der Waals surface area contributed by atoms with Crippen molar-refractivity contribution in [3.63, 3.8) is 0 Å². The molecule has 1 N–H and O–H groups in total. The zero-order valence-electron chi connectivity index (χ0n) is 10.1. The van der Waals surface area contributed by atoms with E-state index in [1.54, 1.807) is 0 Å². The molecule has 6 heteroatoms. The molecule has 0 radical (unpaired) electrons. The van der Waals surface area contributed by atoms with Crippen LogP contribution in [0.4, 0.5) is 5.82 Å². The summed E-state index contributed by atoms with van der Waals surface area (Å²) in [5, 5.41) is 9.71. The fraction of sp³-hybridized carbons (Fsp3) is 0.667. The lowest BCUT2D eigenvalue weighted by atomic mass is 10.1. The van der Waals surface area contributed by atoms with E-state index in [0.717, 1.165) is 42.9 Å². The first-order valence-electron chi connectivity index (χ1n) is 6.30. The van der Waals surface area contributed by atoms with Crippen LogP contribution in [-0.2, 0) is 17.8 Å². The van der Waals surface area contributed by atoms with E-state index in [1.165, 1.54) is 0 Å². The van der Waals surface area contributed by atoms with E-state index < -0.39 is 0 Å². The third-order valence-electron chi connectivity index (χ3n) is 3.63. The minimum absolute atomic E-state index is 0.141. The number of aliphatic hydroxyl groups excluding tert-OH is 1. The first-order chi connectivity index (χ1) is 8.79. The SMILES string of the molecule is OCC1CCCN1c1nc(Cl)nc2c1COCC2. The molecule has 18 heavy (non-hydrogen) atoms. The molecular formula is C12H16ClN3O2. The summed E-state index contributed by atoms with van der Waals surface area (Å²) in [5.41, 5.74) is 2.02. The Labute approximate surface area is 111 Å². The fourth-order valence-electron chi connectivity index (χ4n) is 2.73. The van der Waals surface area contributed by atoms with E-state index in [0.29, 0.717) is 13.2 Å². The molecule has 3 heterocycles. The molecule has 1 fully saturated rings. The van der Waals surface area contributed by atoms with Crippen molar-refractivity contribution in [3.05, 3.63) is 16.5 Å². The van der Waals surface area contributed by atoms with Crippen LogP contribution in [0.15, 0.2) is 0 Å². The summed E-state index contributed by atoms with van der Waals surface area (Å²) in [6.45, 7) is 2.28. The second kappa shape index (κ2) is 4.99. The number of aliphatic hydroxyl groups is 1. The Morgan fingerprint density at radius 2 is 2.33 bits per heavy atom. The number of aromatic nitrogens is 2. The number of halogens is 1. The van der Waals surface area contributed by atoms with Crippen molar-refractivity contribution >= 4 is 17.4 Å². The van der Waals surface area contributed by atoms with E-state index in [1.807, 2.05) is 0 Å². The molecule has 0 aromatic carbocycles. The Morgan fingerprint density at radius 3 is 3.17 bits per heavy atom. The van der Waals surface area contributed by atoms with Gasteiger partial charge in [-0.3, -0.25) is 0 Å². The number of hydrogen-bond donors (Lipinski definition) is 1. The molecule has 5 nitrogen and oxygen atoms in total. The number of anilines is 1. The minimum Gasteiger partial charge on any atom is -0.394 e. The first kappa shape index (κ1) is 12.1. The normalized spacial score (nSPS) is 23.2. The van der Waals surface area contributed by atoms with Gasteiger partial charge in [0, 0.05) is 18.5 Å². The van der Waals surface area contributed by atoms with E-state index in [-0.39, 0.29) is 17.9 Å². The Morgan fingerprint density at radius 1 is 1.44 bits per heavy atom. The highest BCUT2D eigenvalue weighted by Gasteiger charge is 2.29. The van der Waals surface area contributed by atoms with E-state index in [4.69, 9.17) is 16.3 Å². The quantitative estimate of drug-likeness (QED) is 0.817. The lowest BCUT2D eigenvalue weighted by molar-refractivity contribution is 0.109. The van der Waals surface area contributed by atoms with Crippen molar-refractivity contribution in [2.45, 2.75) is 31.9 Å². The zero-order valence-corrected chi connectivity index (χ0v) is 10.9. The molecule has 1 aromatic rings. The molecule has 0 amide bonds. The molecule has 3 rings (SSSR count). The van der Waals surface area contributed by atoms with Gasteiger partial charge in [0.25, 0.3) is 0 Å². The Hall–Kier alpha value is -0.910. The maximum atomic E-state index is 9.42. The predicted octanol–water partition coefficient (Wildman–Crippen LogP) is 1.16. The summed E-state index contributed by atoms with van der Waals surface area (Å²) in [4.78, 5) is 10.8. The summed E-state index contributed by atoms with van der Waals surface area (Å²) in [5.74, 6) is 0.848. The van der Waals surface area contributed by atoms with Crippen LogP contribution >= 0.6 is 11.6 Å². The first-order valence-corrected chi connectivity index (χ1v) is 6.68. The van der Waals surface area contributed by atoms with Crippen molar-refractivity contribution in [3.8, 4) is 0 Å². The maximum absolute atomic E-state index is 9.42. The van der Waals surface area contributed by atoms with Gasteiger partial charge in [-0.05, 0) is 24.4 Å². The standard InChI is InChI=1S/C12H16ClN3O2/c13-12-14-10-3-5-18-7-9(10)11(15-12)16-4-1-2-8(16)6-17/h8,17H,1-7H2. The van der Waals surface area contributed by atoms with Crippen molar-refractivity contribution in [2.24, 2.45) is 0 Å². The van der Waals surface area contributed by atoms with Crippen molar-refractivity contribution in [1.29, 1.82) is 0 Å². The molecule has 0 bridgehead atoms. The van der Waals surface area contributed by atoms with Gasteiger partial charge in [0.2, 0.25) is 5.28 Å². The molecule has 1 saturated heterocycles. The van der Waals surface area contributed by atoms with Gasteiger partial charge < -0.3 is 14.7 Å². The van der Waals surface area contributed by atoms with E-state index >= 15 is 0 Å². The topological polar surface area (TPSA) is 58.5 Å². The number of rotatable bonds is 2. The Balaban J connectivity index is 2.02. The molecule has 1 aromatic heterocycles. The highest BCUT2D eigenvalue weighted by molar-refractivity contribution is 6.28. The van der Waals surface area contributed by atoms with Crippen molar-refractivity contribution in [2.75, 3.05) is 24.7 Å². The monoisotopic (exact) mass is 269 g/mol. The molecule has 1 unspecified atom stereocenters. The van der Waals surface area contributed by atoms with Gasteiger partial charge in [-0.2, -0.15) is 0 Å². The Bertz CT molecular complexity index is 455. The van der Waals surface area contributed by atoms with Crippen molar-refractivity contribution in [1.82, 2.24) is 9.97 Å². The van der Waals surface area contributed by atoms with Crippen LogP contribution in [0.1, 0.15) is 24.1 Å². The molecule has 0 aliphatic carbocycles. The third kappa shape index (κ3) is 2.06. The minimum atomic E-state index is 0.141. The average molecular weight is 270 g/mol. The van der Waals surface area contributed by atoms with Gasteiger partial charge in [-0.25, -0.2) is 9.97 Å². The summed E-state index contributed by atoms with van der Waals surface area (Å²) < 4.78 is 5.49. The smallest absolute Gasteiger partial charge is 0.224 e. The van der Waals surface area contributed by atoms with Crippen LogP contribution < -0.4 is 4.90 Å². The summed E-state index contributed by atoms with van der Waals surface area (Å²) in [6.07, 6.45) is 2.85. The molecule has 0 spiro atoms. The lowest BCUT2D eigenvalue weighted by Crippen LogP contribution is -2.34. The molecular weight excluding hydrogens is 254 g/mol. The number of nitrogens with zero attached hydrogens (tertiary/aromatic N) is 3. The van der Waals surface area contributed by atoms with Gasteiger partial charge in [0.15, 0.2) is 0 Å². The van der Waals surface area contributed by atoms with E-state index in [9.17, 15) is 5.11 Å². The predicted molar refractivity (Wildman–Crippen MR) is 67.9 cm³/mol. The van der Waals surface area contributed by atoms with Crippen molar-refractivity contribution < 1.29 is 9.84 Å². The summed E-state index contributed by atoms with van der Waals surface area (Å²) >= 11 is 6.00. The van der Waals surface area contributed by atoms with Gasteiger partial charge in [-0.15, -0.1) is 0 Å². The number of hydrogen-bond acceptors (Lipinski definition) is 5. The maximum Gasteiger partial charge on any atom is 0.224 e. The largest absolute Gasteiger partial charge is 0.394 e. The summed E-state index contributed by atoms with van der Waals surface area (Å²) in [6, 6.07) is 0.141. The average Bonchev–Trinajstić information content (AvgIpc) is 2.85. The highest BCUT2D eigenvalue weighted by atomic mass is 35.5. The molecule has 98 valence electrons. The highest BCUT2D eigenvalue weighted by Crippen LogP contribution is 2.31. The van der Waals surface area contributed by atoms with Gasteiger partial charge in [-0.1, -0.05) is 0 Å². The lowest BCUT2D eigenvalue weighted by Gasteiger charge is -2.28. The summed E-state index contributed by atoms with van der Waals surface area (Å²) in [7, 11) is 0. The number of fused-ring (bicyclic) bond motifs is 1. The van der Waals surface area contributed by atoms with Crippen LogP contribution in [0, 0.1) is 0 Å². The van der Waals surface area contributed by atoms with Crippen LogP contribution in [0.3, 0.4) is 0 Å². The molecule has 1 atom stereocenters. The molecule has 2 aliphatic heterocycles. The van der Waals surface area contributed by atoms with E-state index in [2.05, 4.69) is 14.9 Å². The fourth-order valence-corrected chi connectivity index (χ4v) is 2.91. The van der Waals surface area contributed by atoms with Gasteiger partial charge in [0.1, 0.15) is 5.82 Å². The van der Waals surface area contributed by atoms with Crippen LogP contribution in [0.2, 0.25) is 5.28 Å². The second-order valence-corrected chi connectivity index (χ2v) is 5.05. The van der Waals surface area contributed by atoms with Gasteiger partial charge in [0.05, 0.1) is 31.6 Å². The van der Waals surface area contributed by atoms with Gasteiger partial charge >= 0.3 is 0 Å². The molecule has 2 aliphatic rings. The Kier molecular flexibility index (Phi) is 3.37. The van der Waals surface area contributed by atoms with Crippen LogP contribution in [-0.4, -0.2) is 40.9 Å².